The number of carbonyl (C=O) groups excluding carboxylic acids is 1. The van der Waals surface area contributed by atoms with Gasteiger partial charge in [-0.1, -0.05) is 12.1 Å². The zero-order valence-electron chi connectivity index (χ0n) is 11.6. The number of nitrogens with one attached hydrogen (secondary N) is 2. The van der Waals surface area contributed by atoms with Gasteiger partial charge in [0, 0.05) is 18.6 Å². The minimum absolute atomic E-state index is 0.0506. The van der Waals surface area contributed by atoms with E-state index in [0.717, 1.165) is 19.4 Å². The van der Waals surface area contributed by atoms with Gasteiger partial charge in [0.05, 0.1) is 12.2 Å². The molecule has 1 fully saturated rings. The highest BCUT2D eigenvalue weighted by Gasteiger charge is 2.21. The van der Waals surface area contributed by atoms with E-state index < -0.39 is 0 Å². The van der Waals surface area contributed by atoms with Crippen molar-refractivity contribution in [2.75, 3.05) is 13.2 Å². The largest absolute Gasteiger partial charge is 0.493 e. The van der Waals surface area contributed by atoms with Crippen molar-refractivity contribution in [1.29, 1.82) is 0 Å². The number of amides is 1. The summed E-state index contributed by atoms with van der Waals surface area (Å²) < 4.78 is 5.49. The number of para-hydroxylation sites is 1. The summed E-state index contributed by atoms with van der Waals surface area (Å²) in [6, 6.07) is 8.13. The molecule has 2 rings (SSSR count). The number of benzene rings is 1. The van der Waals surface area contributed by atoms with Crippen LogP contribution in [0.25, 0.3) is 0 Å². The average Bonchev–Trinajstić information content (AvgIpc) is 2.42. The van der Waals surface area contributed by atoms with Gasteiger partial charge in [0.1, 0.15) is 5.75 Å². The van der Waals surface area contributed by atoms with Crippen LogP contribution in [0.4, 0.5) is 0 Å². The second kappa shape index (κ2) is 6.57. The quantitative estimate of drug-likeness (QED) is 0.872. The molecule has 4 heteroatoms. The van der Waals surface area contributed by atoms with E-state index in [1.807, 2.05) is 25.1 Å². The zero-order chi connectivity index (χ0) is 13.7. The van der Waals surface area contributed by atoms with Gasteiger partial charge in [0.2, 0.25) is 0 Å². The highest BCUT2D eigenvalue weighted by molar-refractivity contribution is 5.97. The lowest BCUT2D eigenvalue weighted by Gasteiger charge is -2.28. The first-order chi connectivity index (χ1) is 9.20. The van der Waals surface area contributed by atoms with Crippen molar-refractivity contribution in [3.05, 3.63) is 29.8 Å². The van der Waals surface area contributed by atoms with E-state index in [-0.39, 0.29) is 11.9 Å². The Balaban J connectivity index is 1.99. The van der Waals surface area contributed by atoms with Crippen LogP contribution in [0.2, 0.25) is 0 Å². The molecule has 104 valence electrons. The van der Waals surface area contributed by atoms with Gasteiger partial charge in [0.15, 0.2) is 0 Å². The number of piperidine rings is 1. The summed E-state index contributed by atoms with van der Waals surface area (Å²) in [5, 5.41) is 6.46. The Morgan fingerprint density at radius 1 is 1.42 bits per heavy atom. The molecule has 1 amide bonds. The number of hydrogen-bond donors (Lipinski definition) is 2. The Labute approximate surface area is 114 Å². The summed E-state index contributed by atoms with van der Waals surface area (Å²) in [4.78, 5) is 12.3. The van der Waals surface area contributed by atoms with Gasteiger partial charge in [-0.2, -0.15) is 0 Å². The maximum absolute atomic E-state index is 12.3. The second-order valence-electron chi connectivity index (χ2n) is 4.99. The fourth-order valence-corrected chi connectivity index (χ4v) is 2.32. The lowest BCUT2D eigenvalue weighted by atomic mass is 10.0. The fourth-order valence-electron chi connectivity index (χ4n) is 2.32. The van der Waals surface area contributed by atoms with E-state index in [9.17, 15) is 4.79 Å². The minimum Gasteiger partial charge on any atom is -0.493 e. The maximum atomic E-state index is 12.3. The van der Waals surface area contributed by atoms with Gasteiger partial charge in [-0.15, -0.1) is 0 Å². The van der Waals surface area contributed by atoms with Crippen molar-refractivity contribution < 1.29 is 9.53 Å². The topological polar surface area (TPSA) is 50.4 Å². The monoisotopic (exact) mass is 262 g/mol. The smallest absolute Gasteiger partial charge is 0.255 e. The molecule has 1 aliphatic heterocycles. The van der Waals surface area contributed by atoms with Crippen LogP contribution in [0.1, 0.15) is 37.0 Å². The molecule has 2 atom stereocenters. The van der Waals surface area contributed by atoms with E-state index in [1.54, 1.807) is 6.07 Å². The summed E-state index contributed by atoms with van der Waals surface area (Å²) in [6.07, 6.45) is 2.12. The van der Waals surface area contributed by atoms with Crippen molar-refractivity contribution in [3.63, 3.8) is 0 Å². The Hall–Kier alpha value is -1.55. The third-order valence-electron chi connectivity index (χ3n) is 3.43. The van der Waals surface area contributed by atoms with E-state index in [1.165, 1.54) is 0 Å². The lowest BCUT2D eigenvalue weighted by molar-refractivity contribution is 0.0924. The van der Waals surface area contributed by atoms with Gasteiger partial charge in [0.25, 0.3) is 5.91 Å². The van der Waals surface area contributed by atoms with E-state index in [4.69, 9.17) is 4.74 Å². The maximum Gasteiger partial charge on any atom is 0.255 e. The van der Waals surface area contributed by atoms with Crippen LogP contribution in [-0.4, -0.2) is 31.1 Å². The molecule has 0 radical (unpaired) electrons. The fraction of sp³-hybridized carbons (Fsp3) is 0.533. The van der Waals surface area contributed by atoms with E-state index >= 15 is 0 Å². The highest BCUT2D eigenvalue weighted by Crippen LogP contribution is 2.18. The van der Waals surface area contributed by atoms with E-state index in [0.29, 0.717) is 24.0 Å². The van der Waals surface area contributed by atoms with Gasteiger partial charge < -0.3 is 15.4 Å². The molecule has 1 aromatic carbocycles. The van der Waals surface area contributed by atoms with Crippen LogP contribution >= 0.6 is 0 Å². The molecule has 1 aliphatic rings. The van der Waals surface area contributed by atoms with Crippen LogP contribution in [0.5, 0.6) is 5.75 Å². The first-order valence-corrected chi connectivity index (χ1v) is 6.96. The summed E-state index contributed by atoms with van der Waals surface area (Å²) in [5.74, 6) is 0.602. The van der Waals surface area contributed by atoms with Crippen LogP contribution in [0, 0.1) is 0 Å². The van der Waals surface area contributed by atoms with Crippen LogP contribution in [0.15, 0.2) is 24.3 Å². The molecule has 0 aliphatic carbocycles. The van der Waals surface area contributed by atoms with Crippen molar-refractivity contribution in [2.45, 2.75) is 38.8 Å². The van der Waals surface area contributed by atoms with Crippen molar-refractivity contribution in [2.24, 2.45) is 0 Å². The molecule has 2 unspecified atom stereocenters. The molecular formula is C15H22N2O2. The predicted molar refractivity (Wildman–Crippen MR) is 75.6 cm³/mol. The molecule has 1 saturated heterocycles. The summed E-state index contributed by atoms with van der Waals surface area (Å²) in [5.41, 5.74) is 0.614. The van der Waals surface area contributed by atoms with Crippen molar-refractivity contribution >= 4 is 5.91 Å². The molecule has 0 saturated carbocycles. The minimum atomic E-state index is -0.0506. The molecule has 0 aromatic heterocycles. The number of carbonyl (C=O) groups is 1. The molecular weight excluding hydrogens is 240 g/mol. The lowest BCUT2D eigenvalue weighted by Crippen LogP contribution is -2.48. The van der Waals surface area contributed by atoms with Gasteiger partial charge >= 0.3 is 0 Å². The molecule has 1 aromatic rings. The Bertz CT molecular complexity index is 426. The highest BCUT2D eigenvalue weighted by atomic mass is 16.5. The predicted octanol–water partition coefficient (Wildman–Crippen LogP) is 1.96. The Morgan fingerprint density at radius 3 is 2.89 bits per heavy atom. The summed E-state index contributed by atoms with van der Waals surface area (Å²) in [6.45, 7) is 5.49. The van der Waals surface area contributed by atoms with E-state index in [2.05, 4.69) is 17.6 Å². The molecule has 0 bridgehead atoms. The second-order valence-corrected chi connectivity index (χ2v) is 4.99. The third-order valence-corrected chi connectivity index (χ3v) is 3.43. The molecule has 0 spiro atoms. The average molecular weight is 262 g/mol. The van der Waals surface area contributed by atoms with Crippen molar-refractivity contribution in [1.82, 2.24) is 10.6 Å². The van der Waals surface area contributed by atoms with Crippen LogP contribution < -0.4 is 15.4 Å². The van der Waals surface area contributed by atoms with Gasteiger partial charge in [-0.3, -0.25) is 4.79 Å². The van der Waals surface area contributed by atoms with Crippen molar-refractivity contribution in [3.8, 4) is 5.75 Å². The first kappa shape index (κ1) is 13.9. The standard InChI is InChI=1S/C15H22N2O2/c1-3-19-14-7-5-4-6-13(14)15(18)17-12-9-8-11(2)16-10-12/h4-7,11-12,16H,3,8-10H2,1-2H3,(H,17,18). The Kier molecular flexibility index (Phi) is 4.80. The van der Waals surface area contributed by atoms with Crippen LogP contribution in [0.3, 0.4) is 0 Å². The van der Waals surface area contributed by atoms with Gasteiger partial charge in [-0.25, -0.2) is 0 Å². The molecule has 4 nitrogen and oxygen atoms in total. The zero-order valence-corrected chi connectivity index (χ0v) is 11.6. The van der Waals surface area contributed by atoms with Crippen LogP contribution in [-0.2, 0) is 0 Å². The summed E-state index contributed by atoms with van der Waals surface area (Å²) >= 11 is 0. The molecule has 1 heterocycles. The number of rotatable bonds is 4. The summed E-state index contributed by atoms with van der Waals surface area (Å²) in [7, 11) is 0. The SMILES string of the molecule is CCOc1ccccc1C(=O)NC1CCC(C)NC1. The Morgan fingerprint density at radius 2 is 2.21 bits per heavy atom. The van der Waals surface area contributed by atoms with Gasteiger partial charge in [-0.05, 0) is 38.8 Å². The first-order valence-electron chi connectivity index (χ1n) is 6.96. The number of hydrogen-bond acceptors (Lipinski definition) is 3. The third kappa shape index (κ3) is 3.70. The molecule has 19 heavy (non-hydrogen) atoms. The molecule has 2 N–H and O–H groups in total. The normalized spacial score (nSPS) is 22.8. The number of ether oxygens (including phenoxy) is 1.